The van der Waals surface area contributed by atoms with Crippen LogP contribution in [0.1, 0.15) is 63.1 Å². The van der Waals surface area contributed by atoms with Gasteiger partial charge in [0.1, 0.15) is 18.2 Å². The molecule has 0 unspecified atom stereocenters. The molecule has 0 saturated carbocycles. The largest absolute Gasteiger partial charge is 0.467 e. The summed E-state index contributed by atoms with van der Waals surface area (Å²) in [5.41, 5.74) is 2.80. The van der Waals surface area contributed by atoms with Crippen molar-refractivity contribution in [1.82, 2.24) is 15.1 Å². The van der Waals surface area contributed by atoms with E-state index < -0.39 is 47.7 Å². The first-order valence-corrected chi connectivity index (χ1v) is 12.9. The molecule has 3 amide bonds. The molecule has 3 aliphatic rings. The van der Waals surface area contributed by atoms with Gasteiger partial charge in [0, 0.05) is 19.5 Å². The number of cyclic esters (lactones) is 1. The van der Waals surface area contributed by atoms with Gasteiger partial charge in [-0.05, 0) is 47.8 Å². The Labute approximate surface area is 217 Å². The number of benzene rings is 1. The van der Waals surface area contributed by atoms with Crippen LogP contribution in [0.3, 0.4) is 0 Å². The Morgan fingerprint density at radius 3 is 2.57 bits per heavy atom. The van der Waals surface area contributed by atoms with Gasteiger partial charge in [-0.2, -0.15) is 0 Å². The molecular formula is C27H37N3O7. The number of methoxy groups -OCH3 is 1. The van der Waals surface area contributed by atoms with Crippen molar-refractivity contribution < 1.29 is 33.4 Å². The van der Waals surface area contributed by atoms with E-state index in [4.69, 9.17) is 14.2 Å². The van der Waals surface area contributed by atoms with Crippen LogP contribution in [0, 0.1) is 5.41 Å². The number of hydrogen-bond acceptors (Lipinski definition) is 7. The molecule has 1 N–H and O–H groups in total. The average Bonchev–Trinajstić information content (AvgIpc) is 3.47. The lowest BCUT2D eigenvalue weighted by molar-refractivity contribution is -0.152. The maximum absolute atomic E-state index is 13.7. The summed E-state index contributed by atoms with van der Waals surface area (Å²) < 4.78 is 16.1. The van der Waals surface area contributed by atoms with Crippen molar-refractivity contribution in [3.63, 3.8) is 0 Å². The number of nitrogens with one attached hydrogen (secondary N) is 1. The van der Waals surface area contributed by atoms with Gasteiger partial charge in [0.15, 0.2) is 0 Å². The van der Waals surface area contributed by atoms with Gasteiger partial charge >= 0.3 is 18.2 Å². The van der Waals surface area contributed by atoms with Gasteiger partial charge in [-0.25, -0.2) is 14.4 Å². The quantitative estimate of drug-likeness (QED) is 0.451. The molecule has 1 fully saturated rings. The zero-order valence-electron chi connectivity index (χ0n) is 22.1. The van der Waals surface area contributed by atoms with Crippen LogP contribution in [0.15, 0.2) is 18.2 Å². The standard InChI is InChI=1S/C27H37N3O7/c1-27(2,3)22-23(31)30-15-19(13-21(30)24(32)35-4)37-26(34)29-14-18-11-8-10-17(20(18)16-29)9-6-5-7-12-36-25(33)28-22/h8,10-11,19,21-22H,5-7,9,12-16H2,1-4H3,(H,28,33)/t19-,21+,22-/m1/s1. The summed E-state index contributed by atoms with van der Waals surface area (Å²) in [5, 5.41) is 2.70. The molecule has 1 aromatic rings. The van der Waals surface area contributed by atoms with Gasteiger partial charge in [-0.1, -0.05) is 39.0 Å². The van der Waals surface area contributed by atoms with Gasteiger partial charge in [-0.3, -0.25) is 9.69 Å². The second kappa shape index (κ2) is 11.0. The van der Waals surface area contributed by atoms with E-state index >= 15 is 0 Å². The van der Waals surface area contributed by atoms with Crippen LogP contribution in [-0.2, 0) is 43.3 Å². The van der Waals surface area contributed by atoms with E-state index in [9.17, 15) is 19.2 Å². The number of nitrogens with zero attached hydrogens (tertiary/aromatic N) is 2. The highest BCUT2D eigenvalue weighted by Gasteiger charge is 2.47. The zero-order valence-corrected chi connectivity index (χ0v) is 22.1. The number of alkyl carbamates (subject to hydrolysis) is 1. The summed E-state index contributed by atoms with van der Waals surface area (Å²) in [6.45, 7) is 6.68. The molecule has 10 heteroatoms. The predicted octanol–water partition coefficient (Wildman–Crippen LogP) is 3.15. The van der Waals surface area contributed by atoms with Gasteiger partial charge in [0.25, 0.3) is 0 Å². The third kappa shape index (κ3) is 5.99. The van der Waals surface area contributed by atoms with Crippen molar-refractivity contribution in [1.29, 1.82) is 0 Å². The fourth-order valence-corrected chi connectivity index (χ4v) is 5.29. The number of hydrogen-bond donors (Lipinski definition) is 1. The normalized spacial score (nSPS) is 25.4. The molecule has 10 nitrogen and oxygen atoms in total. The lowest BCUT2D eigenvalue weighted by atomic mass is 9.85. The number of fused-ring (bicyclic) bond motifs is 3. The second-order valence-electron chi connectivity index (χ2n) is 11.1. The Hall–Kier alpha value is -3.30. The Balaban J connectivity index is 1.60. The minimum atomic E-state index is -0.950. The van der Waals surface area contributed by atoms with E-state index in [0.717, 1.165) is 30.4 Å². The van der Waals surface area contributed by atoms with E-state index in [1.165, 1.54) is 17.6 Å². The summed E-state index contributed by atoms with van der Waals surface area (Å²) in [4.78, 5) is 55.0. The fourth-order valence-electron chi connectivity index (χ4n) is 5.29. The van der Waals surface area contributed by atoms with Crippen LogP contribution in [-0.4, -0.2) is 72.3 Å². The number of ether oxygens (including phenoxy) is 3. The fraction of sp³-hybridized carbons (Fsp3) is 0.630. The molecule has 0 aromatic heterocycles. The number of esters is 1. The molecule has 3 heterocycles. The summed E-state index contributed by atoms with van der Waals surface area (Å²) in [6, 6.07) is 4.25. The lowest BCUT2D eigenvalue weighted by Crippen LogP contribution is -2.57. The maximum Gasteiger partial charge on any atom is 0.410 e. The van der Waals surface area contributed by atoms with Crippen molar-refractivity contribution in [2.24, 2.45) is 5.41 Å². The van der Waals surface area contributed by atoms with Gasteiger partial charge < -0.3 is 24.4 Å². The minimum absolute atomic E-state index is 0.0275. The van der Waals surface area contributed by atoms with Crippen LogP contribution < -0.4 is 5.32 Å². The first-order valence-electron chi connectivity index (χ1n) is 12.9. The van der Waals surface area contributed by atoms with E-state index in [2.05, 4.69) is 11.4 Å². The van der Waals surface area contributed by atoms with E-state index in [-0.39, 0.29) is 19.6 Å². The average molecular weight is 516 g/mol. The molecular weight excluding hydrogens is 478 g/mol. The Morgan fingerprint density at radius 1 is 1.08 bits per heavy atom. The third-order valence-electron chi connectivity index (χ3n) is 7.32. The molecule has 3 atom stereocenters. The van der Waals surface area contributed by atoms with Crippen molar-refractivity contribution in [3.8, 4) is 0 Å². The molecule has 3 aliphatic heterocycles. The molecule has 202 valence electrons. The number of rotatable bonds is 1. The van der Waals surface area contributed by atoms with Crippen molar-refractivity contribution in [2.45, 2.75) is 84.2 Å². The predicted molar refractivity (Wildman–Crippen MR) is 133 cm³/mol. The Kier molecular flexibility index (Phi) is 7.94. The number of carbonyl (C=O) groups is 4. The van der Waals surface area contributed by atoms with E-state index in [1.807, 2.05) is 32.9 Å². The SMILES string of the molecule is COC(=O)[C@@H]1C[C@@H]2CN1C(=O)[C@H](C(C)(C)C)NC(=O)OCCCCCc1cccc3c1CN(C3)C(=O)O2. The van der Waals surface area contributed by atoms with Crippen molar-refractivity contribution >= 4 is 24.1 Å². The highest BCUT2D eigenvalue weighted by Crippen LogP contribution is 2.31. The molecule has 0 spiro atoms. The highest BCUT2D eigenvalue weighted by atomic mass is 16.6. The molecule has 0 radical (unpaired) electrons. The van der Waals surface area contributed by atoms with E-state index in [0.29, 0.717) is 19.5 Å². The van der Waals surface area contributed by atoms with Crippen molar-refractivity contribution in [2.75, 3.05) is 20.3 Å². The van der Waals surface area contributed by atoms with Gasteiger partial charge in [-0.15, -0.1) is 0 Å². The Morgan fingerprint density at radius 2 is 1.84 bits per heavy atom. The third-order valence-corrected chi connectivity index (χ3v) is 7.32. The monoisotopic (exact) mass is 515 g/mol. The Bertz CT molecular complexity index is 1050. The summed E-state index contributed by atoms with van der Waals surface area (Å²) in [6.07, 6.45) is 1.67. The first kappa shape index (κ1) is 26.8. The van der Waals surface area contributed by atoms with Crippen LogP contribution in [0.25, 0.3) is 0 Å². The smallest absolute Gasteiger partial charge is 0.410 e. The van der Waals surface area contributed by atoms with Crippen LogP contribution in [0.4, 0.5) is 9.59 Å². The molecule has 37 heavy (non-hydrogen) atoms. The lowest BCUT2D eigenvalue weighted by Gasteiger charge is -2.34. The van der Waals surface area contributed by atoms with Gasteiger partial charge in [0.2, 0.25) is 5.91 Å². The molecule has 4 bridgehead atoms. The first-order chi connectivity index (χ1) is 17.6. The molecule has 0 aliphatic carbocycles. The van der Waals surface area contributed by atoms with Crippen LogP contribution >= 0.6 is 0 Å². The number of carbonyl (C=O) groups excluding carboxylic acids is 4. The number of aryl methyl sites for hydroxylation is 1. The van der Waals surface area contributed by atoms with Crippen LogP contribution in [0.5, 0.6) is 0 Å². The molecule has 1 saturated heterocycles. The van der Waals surface area contributed by atoms with Crippen LogP contribution in [0.2, 0.25) is 0 Å². The minimum Gasteiger partial charge on any atom is -0.467 e. The maximum atomic E-state index is 13.7. The number of amides is 3. The van der Waals surface area contributed by atoms with Crippen molar-refractivity contribution in [3.05, 3.63) is 34.9 Å². The summed E-state index contributed by atoms with van der Waals surface area (Å²) in [5.74, 6) is -1.04. The van der Waals surface area contributed by atoms with E-state index in [1.54, 1.807) is 4.90 Å². The summed E-state index contributed by atoms with van der Waals surface area (Å²) >= 11 is 0. The molecule has 4 rings (SSSR count). The molecule has 1 aromatic carbocycles. The second-order valence-corrected chi connectivity index (χ2v) is 11.1. The highest BCUT2D eigenvalue weighted by molar-refractivity contribution is 5.91. The van der Waals surface area contributed by atoms with Gasteiger partial charge in [0.05, 0.1) is 20.3 Å². The summed E-state index contributed by atoms with van der Waals surface area (Å²) in [7, 11) is 1.25. The zero-order chi connectivity index (χ0) is 26.7. The topological polar surface area (TPSA) is 114 Å².